The lowest BCUT2D eigenvalue weighted by atomic mass is 9.53. The maximum atomic E-state index is 10.2. The Kier molecular flexibility index (Phi) is 3.20. The molecule has 0 aromatic rings. The predicted molar refractivity (Wildman–Crippen MR) is 92.9 cm³/mol. The van der Waals surface area contributed by atoms with Crippen LogP contribution < -0.4 is 0 Å². The molecule has 0 heterocycles. The molecule has 4 rings (SSSR count). The second-order valence-electron chi connectivity index (χ2n) is 9.64. The van der Waals surface area contributed by atoms with Crippen LogP contribution in [0.15, 0.2) is 35.6 Å². The molecule has 0 radical (unpaired) electrons. The van der Waals surface area contributed by atoms with Crippen molar-refractivity contribution in [2.45, 2.75) is 65.4 Å². The third-order valence-electron chi connectivity index (χ3n) is 7.10. The van der Waals surface area contributed by atoms with Gasteiger partial charge >= 0.3 is 0 Å². The molecule has 5 unspecified atom stereocenters. The minimum Gasteiger partial charge on any atom is -0.508 e. The van der Waals surface area contributed by atoms with Crippen molar-refractivity contribution in [3.05, 3.63) is 35.6 Å². The fourth-order valence-corrected chi connectivity index (χ4v) is 6.99. The lowest BCUT2D eigenvalue weighted by Crippen LogP contribution is -2.42. The standard InChI is InChI=1S/C21H30O2/c1-19(2)11-20(3)13-21(12-19,14-4-6-15(22)7-5-14)17-9-8-16(23)10-18(17)20/h4,6-7,10,14,16-17,22-23H,5,8-9,11-13H2,1-3H3. The maximum Gasteiger partial charge on any atom is 0.111 e. The zero-order valence-corrected chi connectivity index (χ0v) is 14.7. The fourth-order valence-electron chi connectivity index (χ4n) is 6.99. The minimum absolute atomic E-state index is 0.241. The molecular formula is C21H30O2. The summed E-state index contributed by atoms with van der Waals surface area (Å²) < 4.78 is 0. The Morgan fingerprint density at radius 1 is 1.09 bits per heavy atom. The average Bonchev–Trinajstić information content (AvgIpc) is 2.63. The van der Waals surface area contributed by atoms with E-state index in [1.54, 1.807) is 5.57 Å². The van der Waals surface area contributed by atoms with Crippen LogP contribution in [0, 0.1) is 28.1 Å². The van der Waals surface area contributed by atoms with Crippen molar-refractivity contribution in [1.82, 2.24) is 0 Å². The van der Waals surface area contributed by atoms with E-state index in [0.29, 0.717) is 28.4 Å². The molecule has 2 N–H and O–H groups in total. The third-order valence-corrected chi connectivity index (χ3v) is 7.10. The highest BCUT2D eigenvalue weighted by atomic mass is 16.3. The zero-order chi connectivity index (χ0) is 16.5. The molecule has 2 bridgehead atoms. The van der Waals surface area contributed by atoms with Gasteiger partial charge in [-0.3, -0.25) is 0 Å². The molecule has 0 aromatic heterocycles. The largest absolute Gasteiger partial charge is 0.508 e. The molecule has 0 spiro atoms. The number of fused-ring (bicyclic) bond motifs is 5. The maximum absolute atomic E-state index is 10.2. The molecule has 126 valence electrons. The molecule has 2 nitrogen and oxygen atoms in total. The first-order valence-electron chi connectivity index (χ1n) is 9.22. The minimum atomic E-state index is -0.247. The SMILES string of the molecule is CC1(C)CC2(C)CC(C3C=CC(O)=CC3)(C1)C1CCC(O)C=C12. The second kappa shape index (κ2) is 4.75. The summed E-state index contributed by atoms with van der Waals surface area (Å²) in [7, 11) is 0. The van der Waals surface area contributed by atoms with Gasteiger partial charge in [-0.05, 0) is 78.8 Å². The highest BCUT2D eigenvalue weighted by Crippen LogP contribution is 2.72. The van der Waals surface area contributed by atoms with Crippen molar-refractivity contribution in [3.8, 4) is 0 Å². The summed E-state index contributed by atoms with van der Waals surface area (Å²) in [5.41, 5.74) is 2.43. The van der Waals surface area contributed by atoms with E-state index >= 15 is 0 Å². The first-order chi connectivity index (χ1) is 10.7. The van der Waals surface area contributed by atoms with E-state index < -0.39 is 0 Å². The zero-order valence-electron chi connectivity index (χ0n) is 14.7. The lowest BCUT2D eigenvalue weighted by Gasteiger charge is -2.51. The van der Waals surface area contributed by atoms with Gasteiger partial charge < -0.3 is 10.2 Å². The van der Waals surface area contributed by atoms with Crippen LogP contribution in [0.2, 0.25) is 0 Å². The Morgan fingerprint density at radius 3 is 2.57 bits per heavy atom. The molecule has 4 aliphatic carbocycles. The Morgan fingerprint density at radius 2 is 1.87 bits per heavy atom. The third kappa shape index (κ3) is 2.25. The Labute approximate surface area is 140 Å². The summed E-state index contributed by atoms with van der Waals surface area (Å²) in [6.07, 6.45) is 14.9. The highest BCUT2D eigenvalue weighted by molar-refractivity contribution is 5.35. The highest BCUT2D eigenvalue weighted by Gasteiger charge is 2.63. The monoisotopic (exact) mass is 314 g/mol. The van der Waals surface area contributed by atoms with E-state index in [-0.39, 0.29) is 11.5 Å². The molecule has 4 aliphatic rings. The van der Waals surface area contributed by atoms with Gasteiger partial charge in [-0.1, -0.05) is 38.5 Å². The van der Waals surface area contributed by atoms with Crippen molar-refractivity contribution < 1.29 is 10.2 Å². The molecule has 5 atom stereocenters. The molecular weight excluding hydrogens is 284 g/mol. The van der Waals surface area contributed by atoms with Crippen molar-refractivity contribution in [1.29, 1.82) is 0 Å². The van der Waals surface area contributed by atoms with Gasteiger partial charge in [0.15, 0.2) is 0 Å². The van der Waals surface area contributed by atoms with Crippen molar-refractivity contribution in [2.24, 2.45) is 28.1 Å². The van der Waals surface area contributed by atoms with Crippen LogP contribution in [-0.2, 0) is 0 Å². The van der Waals surface area contributed by atoms with E-state index in [0.717, 1.165) is 19.3 Å². The molecule has 0 aliphatic heterocycles. The van der Waals surface area contributed by atoms with E-state index in [1.807, 2.05) is 12.2 Å². The van der Waals surface area contributed by atoms with Crippen LogP contribution in [-0.4, -0.2) is 16.3 Å². The van der Waals surface area contributed by atoms with Crippen LogP contribution >= 0.6 is 0 Å². The van der Waals surface area contributed by atoms with E-state index in [4.69, 9.17) is 0 Å². The van der Waals surface area contributed by atoms with Crippen LogP contribution in [0.3, 0.4) is 0 Å². The van der Waals surface area contributed by atoms with Gasteiger partial charge in [-0.2, -0.15) is 0 Å². The van der Waals surface area contributed by atoms with E-state index in [2.05, 4.69) is 32.9 Å². The second-order valence-corrected chi connectivity index (χ2v) is 9.64. The Balaban J connectivity index is 1.81. The van der Waals surface area contributed by atoms with Gasteiger partial charge in [-0.25, -0.2) is 0 Å². The number of aliphatic hydroxyl groups is 2. The Bertz CT molecular complexity index is 611. The van der Waals surface area contributed by atoms with E-state index in [1.165, 1.54) is 19.3 Å². The van der Waals surface area contributed by atoms with Crippen molar-refractivity contribution in [3.63, 3.8) is 0 Å². The summed E-state index contributed by atoms with van der Waals surface area (Å²) in [5.74, 6) is 1.55. The van der Waals surface area contributed by atoms with Crippen LogP contribution in [0.4, 0.5) is 0 Å². The fraction of sp³-hybridized carbons (Fsp3) is 0.714. The lowest BCUT2D eigenvalue weighted by molar-refractivity contribution is -0.00136. The average molecular weight is 314 g/mol. The smallest absolute Gasteiger partial charge is 0.111 e. The number of hydrogen-bond donors (Lipinski definition) is 2. The van der Waals surface area contributed by atoms with Crippen molar-refractivity contribution in [2.75, 3.05) is 0 Å². The molecule has 23 heavy (non-hydrogen) atoms. The summed E-state index contributed by atoms with van der Waals surface area (Å²) in [6, 6.07) is 0. The van der Waals surface area contributed by atoms with Crippen LogP contribution in [0.5, 0.6) is 0 Å². The topological polar surface area (TPSA) is 40.5 Å². The van der Waals surface area contributed by atoms with Gasteiger partial charge in [0.2, 0.25) is 0 Å². The number of rotatable bonds is 1. The van der Waals surface area contributed by atoms with Gasteiger partial charge in [0.05, 0.1) is 6.10 Å². The molecule has 2 saturated carbocycles. The summed E-state index contributed by atoms with van der Waals surface area (Å²) in [6.45, 7) is 7.28. The normalized spacial score (nSPS) is 47.7. The molecule has 0 aromatic carbocycles. The van der Waals surface area contributed by atoms with Crippen molar-refractivity contribution >= 4 is 0 Å². The molecule has 0 saturated heterocycles. The van der Waals surface area contributed by atoms with Gasteiger partial charge in [0.1, 0.15) is 5.76 Å². The summed E-state index contributed by atoms with van der Waals surface area (Å²) in [4.78, 5) is 0. The molecule has 2 heteroatoms. The molecule has 2 fully saturated rings. The van der Waals surface area contributed by atoms with E-state index in [9.17, 15) is 10.2 Å². The van der Waals surface area contributed by atoms with Gasteiger partial charge in [0.25, 0.3) is 0 Å². The first kappa shape index (κ1) is 15.5. The predicted octanol–water partition coefficient (Wildman–Crippen LogP) is 4.92. The summed E-state index contributed by atoms with van der Waals surface area (Å²) in [5, 5.41) is 20.0. The van der Waals surface area contributed by atoms with Crippen LogP contribution in [0.1, 0.15) is 59.3 Å². The number of hydrogen-bond acceptors (Lipinski definition) is 2. The van der Waals surface area contributed by atoms with Gasteiger partial charge in [-0.15, -0.1) is 0 Å². The van der Waals surface area contributed by atoms with Gasteiger partial charge in [0, 0.05) is 0 Å². The number of allylic oxidation sites excluding steroid dienone is 4. The van der Waals surface area contributed by atoms with Crippen LogP contribution in [0.25, 0.3) is 0 Å². The number of aliphatic hydroxyl groups excluding tert-OH is 2. The first-order valence-corrected chi connectivity index (χ1v) is 9.22. The molecule has 0 amide bonds. The Hall–Kier alpha value is -1.02. The quantitative estimate of drug-likeness (QED) is 0.675. The summed E-state index contributed by atoms with van der Waals surface area (Å²) >= 11 is 0.